The molecule has 140 valence electrons. The zero-order valence-corrected chi connectivity index (χ0v) is 16.2. The molecule has 0 saturated carbocycles. The lowest BCUT2D eigenvalue weighted by molar-refractivity contribution is -0.128. The Bertz CT molecular complexity index is 865. The van der Waals surface area contributed by atoms with Crippen LogP contribution in [0.3, 0.4) is 0 Å². The van der Waals surface area contributed by atoms with Gasteiger partial charge in [0.05, 0.1) is 5.92 Å². The Labute approximate surface area is 164 Å². The van der Waals surface area contributed by atoms with E-state index >= 15 is 0 Å². The van der Waals surface area contributed by atoms with Gasteiger partial charge in [0.1, 0.15) is 0 Å². The number of hydrogen-bond donors (Lipinski definition) is 0. The van der Waals surface area contributed by atoms with Gasteiger partial charge in [0.25, 0.3) is 0 Å². The molecule has 2 aromatic rings. The van der Waals surface area contributed by atoms with Gasteiger partial charge in [0, 0.05) is 36.3 Å². The fraction of sp³-hybridized carbons (Fsp3) is 0.364. The first-order chi connectivity index (χ1) is 13.0. The van der Waals surface area contributed by atoms with Crippen LogP contribution in [0.5, 0.6) is 0 Å². The van der Waals surface area contributed by atoms with E-state index in [-0.39, 0.29) is 23.8 Å². The first-order valence-electron chi connectivity index (χ1n) is 9.46. The van der Waals surface area contributed by atoms with Crippen LogP contribution in [0.15, 0.2) is 48.5 Å². The second-order valence-electron chi connectivity index (χ2n) is 7.51. The molecule has 4 rings (SSSR count). The largest absolute Gasteiger partial charge is 0.342 e. The van der Waals surface area contributed by atoms with Crippen molar-refractivity contribution in [2.75, 3.05) is 18.0 Å². The van der Waals surface area contributed by atoms with E-state index in [1.54, 1.807) is 0 Å². The summed E-state index contributed by atoms with van der Waals surface area (Å²) >= 11 is 5.92. The van der Waals surface area contributed by atoms with Gasteiger partial charge in [-0.2, -0.15) is 0 Å². The van der Waals surface area contributed by atoms with E-state index in [1.807, 2.05) is 52.3 Å². The van der Waals surface area contributed by atoms with Crippen LogP contribution >= 0.6 is 11.6 Å². The topological polar surface area (TPSA) is 40.6 Å². The highest BCUT2D eigenvalue weighted by atomic mass is 35.5. The monoisotopic (exact) mass is 382 g/mol. The van der Waals surface area contributed by atoms with Gasteiger partial charge in [-0.25, -0.2) is 0 Å². The van der Waals surface area contributed by atoms with Crippen molar-refractivity contribution in [3.63, 3.8) is 0 Å². The molecule has 1 saturated heterocycles. The van der Waals surface area contributed by atoms with Crippen LogP contribution in [-0.2, 0) is 22.4 Å². The molecule has 0 bridgehead atoms. The highest BCUT2D eigenvalue weighted by molar-refractivity contribution is 6.30. The minimum Gasteiger partial charge on any atom is -0.342 e. The second kappa shape index (κ2) is 7.35. The molecule has 5 heteroatoms. The number of likely N-dealkylation sites (tertiary alicyclic amines) is 1. The van der Waals surface area contributed by atoms with Gasteiger partial charge in [-0.3, -0.25) is 9.59 Å². The average Bonchev–Trinajstić information content (AvgIpc) is 3.20. The van der Waals surface area contributed by atoms with Crippen molar-refractivity contribution in [1.29, 1.82) is 0 Å². The summed E-state index contributed by atoms with van der Waals surface area (Å²) < 4.78 is 0. The fourth-order valence-electron chi connectivity index (χ4n) is 4.17. The molecule has 0 aromatic heterocycles. The molecule has 2 atom stereocenters. The average molecular weight is 383 g/mol. The molecule has 0 spiro atoms. The summed E-state index contributed by atoms with van der Waals surface area (Å²) in [6.07, 6.45) is 1.96. The van der Waals surface area contributed by atoms with Crippen LogP contribution in [0.2, 0.25) is 5.02 Å². The van der Waals surface area contributed by atoms with E-state index in [2.05, 4.69) is 13.0 Å². The van der Waals surface area contributed by atoms with Gasteiger partial charge in [0.15, 0.2) is 0 Å². The lowest BCUT2D eigenvalue weighted by atomic mass is 10.1. The summed E-state index contributed by atoms with van der Waals surface area (Å²) in [6, 6.07) is 15.9. The van der Waals surface area contributed by atoms with Gasteiger partial charge in [-0.15, -0.1) is 0 Å². The number of anilines is 1. The molecule has 0 aliphatic carbocycles. The third-order valence-corrected chi connectivity index (χ3v) is 5.84. The summed E-state index contributed by atoms with van der Waals surface area (Å²) in [5, 5.41) is 0.710. The Morgan fingerprint density at radius 1 is 1.11 bits per heavy atom. The van der Waals surface area contributed by atoms with Crippen LogP contribution in [-0.4, -0.2) is 35.8 Å². The van der Waals surface area contributed by atoms with E-state index in [9.17, 15) is 9.59 Å². The molecule has 27 heavy (non-hydrogen) atoms. The lowest BCUT2D eigenvalue weighted by Gasteiger charge is -2.26. The molecule has 1 fully saturated rings. The van der Waals surface area contributed by atoms with Gasteiger partial charge in [-0.1, -0.05) is 41.9 Å². The normalized spacial score (nSPS) is 21.6. The van der Waals surface area contributed by atoms with Crippen molar-refractivity contribution < 1.29 is 9.59 Å². The van der Waals surface area contributed by atoms with Gasteiger partial charge in [0.2, 0.25) is 11.8 Å². The summed E-state index contributed by atoms with van der Waals surface area (Å²) in [6.45, 7) is 3.22. The molecule has 2 heterocycles. The standard InChI is InChI=1S/C22H23ClN2O2/c1-15-12-17-4-2-3-5-20(17)25(15)22(27)18-13-21(26)24(14-18)11-10-16-6-8-19(23)9-7-16/h2-9,15,18H,10-14H2,1H3. The minimum absolute atomic E-state index is 0.0717. The predicted octanol–water partition coefficient (Wildman–Crippen LogP) is 3.71. The van der Waals surface area contributed by atoms with Crippen molar-refractivity contribution in [2.24, 2.45) is 5.92 Å². The van der Waals surface area contributed by atoms with Gasteiger partial charge in [-0.05, 0) is 49.1 Å². The summed E-state index contributed by atoms with van der Waals surface area (Å²) in [5.74, 6) is -0.103. The van der Waals surface area contributed by atoms with E-state index in [1.165, 1.54) is 5.56 Å². The number of nitrogens with zero attached hydrogens (tertiary/aromatic N) is 2. The zero-order valence-electron chi connectivity index (χ0n) is 15.4. The number of fused-ring (bicyclic) bond motifs is 1. The van der Waals surface area contributed by atoms with Crippen molar-refractivity contribution >= 4 is 29.1 Å². The molecule has 2 unspecified atom stereocenters. The maximum Gasteiger partial charge on any atom is 0.232 e. The Hall–Kier alpha value is -2.33. The van der Waals surface area contributed by atoms with Gasteiger partial charge >= 0.3 is 0 Å². The van der Waals surface area contributed by atoms with Gasteiger partial charge < -0.3 is 9.80 Å². The predicted molar refractivity (Wildman–Crippen MR) is 107 cm³/mol. The van der Waals surface area contributed by atoms with Crippen LogP contribution in [0, 0.1) is 5.92 Å². The van der Waals surface area contributed by atoms with E-state index in [4.69, 9.17) is 11.6 Å². The third-order valence-electron chi connectivity index (χ3n) is 5.59. The van der Waals surface area contributed by atoms with Crippen LogP contribution in [0.4, 0.5) is 5.69 Å². The summed E-state index contributed by atoms with van der Waals surface area (Å²) in [5.41, 5.74) is 3.36. The highest BCUT2D eigenvalue weighted by Crippen LogP contribution is 2.34. The molecule has 2 aliphatic heterocycles. The molecular weight excluding hydrogens is 360 g/mol. The van der Waals surface area contributed by atoms with Crippen molar-refractivity contribution in [3.05, 3.63) is 64.7 Å². The summed E-state index contributed by atoms with van der Waals surface area (Å²) in [4.78, 5) is 29.3. The third kappa shape index (κ3) is 3.59. The molecule has 0 N–H and O–H groups in total. The van der Waals surface area contributed by atoms with Crippen molar-refractivity contribution in [1.82, 2.24) is 4.90 Å². The van der Waals surface area contributed by atoms with E-state index in [0.29, 0.717) is 24.5 Å². The second-order valence-corrected chi connectivity index (χ2v) is 7.94. The maximum absolute atomic E-state index is 13.2. The van der Waals surface area contributed by atoms with Crippen molar-refractivity contribution in [3.8, 4) is 0 Å². The molecule has 2 aromatic carbocycles. The maximum atomic E-state index is 13.2. The Morgan fingerprint density at radius 3 is 2.63 bits per heavy atom. The van der Waals surface area contributed by atoms with E-state index in [0.717, 1.165) is 24.1 Å². The van der Waals surface area contributed by atoms with Crippen molar-refractivity contribution in [2.45, 2.75) is 32.2 Å². The number of halogens is 1. The highest BCUT2D eigenvalue weighted by Gasteiger charge is 2.40. The number of carbonyl (C=O) groups is 2. The van der Waals surface area contributed by atoms with E-state index < -0.39 is 0 Å². The number of hydrogen-bond acceptors (Lipinski definition) is 2. The van der Waals surface area contributed by atoms with Crippen LogP contribution < -0.4 is 4.90 Å². The molecule has 0 radical (unpaired) electrons. The number of para-hydroxylation sites is 1. The molecule has 4 nitrogen and oxygen atoms in total. The Balaban J connectivity index is 1.41. The van der Waals surface area contributed by atoms with Crippen LogP contribution in [0.1, 0.15) is 24.5 Å². The number of amides is 2. The van der Waals surface area contributed by atoms with Crippen LogP contribution in [0.25, 0.3) is 0 Å². The quantitative estimate of drug-likeness (QED) is 0.808. The molecule has 2 amide bonds. The smallest absolute Gasteiger partial charge is 0.232 e. The SMILES string of the molecule is CC1Cc2ccccc2N1C(=O)C1CC(=O)N(CCc2ccc(Cl)cc2)C1. The summed E-state index contributed by atoms with van der Waals surface area (Å²) in [7, 11) is 0. The fourth-order valence-corrected chi connectivity index (χ4v) is 4.29. The Morgan fingerprint density at radius 2 is 1.85 bits per heavy atom. The first kappa shape index (κ1) is 18.1. The molecule has 2 aliphatic rings. The Kier molecular flexibility index (Phi) is 4.92. The molecular formula is C22H23ClN2O2. The number of rotatable bonds is 4. The first-order valence-corrected chi connectivity index (χ1v) is 9.84. The minimum atomic E-state index is -0.253. The lowest BCUT2D eigenvalue weighted by Crippen LogP contribution is -2.41. The zero-order chi connectivity index (χ0) is 19.0. The number of benzene rings is 2. The number of carbonyl (C=O) groups excluding carboxylic acids is 2.